The predicted octanol–water partition coefficient (Wildman–Crippen LogP) is 4.16. The van der Waals surface area contributed by atoms with Crippen LogP contribution in [-0.4, -0.2) is 12.5 Å². The minimum atomic E-state index is -0.373. The highest BCUT2D eigenvalue weighted by atomic mass is 16.1. The van der Waals surface area contributed by atoms with Gasteiger partial charge in [0.2, 0.25) is 0 Å². The Balaban J connectivity index is 1.90. The Morgan fingerprint density at radius 1 is 1.08 bits per heavy atom. The molecule has 0 atom stereocenters. The van der Waals surface area contributed by atoms with Gasteiger partial charge in [-0.3, -0.25) is 4.79 Å². The average Bonchev–Trinajstić information content (AvgIpc) is 2.63. The van der Waals surface area contributed by atoms with Crippen LogP contribution in [0.3, 0.4) is 0 Å². The molecule has 26 heavy (non-hydrogen) atoms. The van der Waals surface area contributed by atoms with Gasteiger partial charge < -0.3 is 10.6 Å². The van der Waals surface area contributed by atoms with Gasteiger partial charge in [0.15, 0.2) is 0 Å². The number of rotatable bonds is 6. The fourth-order valence-electron chi connectivity index (χ4n) is 2.43. The number of nitrogens with one attached hydrogen (secondary N) is 2. The highest BCUT2D eigenvalue weighted by Gasteiger charge is 2.13. The van der Waals surface area contributed by atoms with E-state index in [0.29, 0.717) is 6.54 Å². The summed E-state index contributed by atoms with van der Waals surface area (Å²) in [5.74, 6) is -0.373. The van der Waals surface area contributed by atoms with E-state index in [1.165, 1.54) is 11.8 Å². The predicted molar refractivity (Wildman–Crippen MR) is 106 cm³/mol. The summed E-state index contributed by atoms with van der Waals surface area (Å²) in [7, 11) is 0. The molecule has 4 heteroatoms. The first-order valence-electron chi connectivity index (χ1n) is 8.69. The topological polar surface area (TPSA) is 64.9 Å². The molecule has 2 rings (SSSR count). The molecular formula is C22H25N3O. The van der Waals surface area contributed by atoms with Gasteiger partial charge in [-0.25, -0.2) is 0 Å². The van der Waals surface area contributed by atoms with Crippen LogP contribution in [0.5, 0.6) is 0 Å². The van der Waals surface area contributed by atoms with Gasteiger partial charge in [0.05, 0.1) is 0 Å². The van der Waals surface area contributed by atoms with E-state index >= 15 is 0 Å². The molecule has 0 aromatic heterocycles. The summed E-state index contributed by atoms with van der Waals surface area (Å²) >= 11 is 0. The Morgan fingerprint density at radius 3 is 2.31 bits per heavy atom. The molecule has 2 N–H and O–H groups in total. The molecule has 0 radical (unpaired) electrons. The molecule has 0 saturated carbocycles. The summed E-state index contributed by atoms with van der Waals surface area (Å²) in [6.07, 6.45) is 2.18. The minimum Gasteiger partial charge on any atom is -0.360 e. The zero-order valence-electron chi connectivity index (χ0n) is 15.5. The van der Waals surface area contributed by atoms with Crippen LogP contribution in [0, 0.1) is 11.3 Å². The third-order valence-electron chi connectivity index (χ3n) is 4.04. The smallest absolute Gasteiger partial charge is 0.263 e. The van der Waals surface area contributed by atoms with Crippen LogP contribution in [0.15, 0.2) is 66.4 Å². The summed E-state index contributed by atoms with van der Waals surface area (Å²) in [6.45, 7) is 6.96. The van der Waals surface area contributed by atoms with Gasteiger partial charge >= 0.3 is 0 Å². The molecule has 134 valence electrons. The molecule has 0 fully saturated rings. The SMILES string of the molecule is CC(C)(C)c1ccc(N/C=C(/C#N)C(=O)NCCc2ccccc2)cc1. The van der Waals surface area contributed by atoms with Crippen molar-refractivity contribution in [3.8, 4) is 6.07 Å². The summed E-state index contributed by atoms with van der Waals surface area (Å²) < 4.78 is 0. The number of hydrogen-bond acceptors (Lipinski definition) is 3. The summed E-state index contributed by atoms with van der Waals surface area (Å²) in [4.78, 5) is 12.1. The first kappa shape index (κ1) is 19.3. The molecule has 0 aliphatic rings. The minimum absolute atomic E-state index is 0.0537. The summed E-state index contributed by atoms with van der Waals surface area (Å²) in [5.41, 5.74) is 3.35. The fourth-order valence-corrected chi connectivity index (χ4v) is 2.43. The van der Waals surface area contributed by atoms with E-state index in [4.69, 9.17) is 0 Å². The number of carbonyl (C=O) groups excluding carboxylic acids is 1. The van der Waals surface area contributed by atoms with Crippen molar-refractivity contribution in [2.75, 3.05) is 11.9 Å². The first-order chi connectivity index (χ1) is 12.4. The van der Waals surface area contributed by atoms with Gasteiger partial charge in [-0.1, -0.05) is 63.2 Å². The van der Waals surface area contributed by atoms with Gasteiger partial charge in [0.25, 0.3) is 5.91 Å². The number of benzene rings is 2. The van der Waals surface area contributed by atoms with Crippen molar-refractivity contribution in [3.63, 3.8) is 0 Å². The highest BCUT2D eigenvalue weighted by Crippen LogP contribution is 2.23. The number of anilines is 1. The molecule has 0 aliphatic carbocycles. The van der Waals surface area contributed by atoms with Crippen LogP contribution in [-0.2, 0) is 16.6 Å². The van der Waals surface area contributed by atoms with Gasteiger partial charge in [0, 0.05) is 18.4 Å². The molecule has 1 amide bonds. The van der Waals surface area contributed by atoms with Gasteiger partial charge in [-0.2, -0.15) is 5.26 Å². The van der Waals surface area contributed by atoms with Crippen molar-refractivity contribution in [2.45, 2.75) is 32.6 Å². The second-order valence-corrected chi connectivity index (χ2v) is 7.13. The molecule has 0 saturated heterocycles. The Morgan fingerprint density at radius 2 is 1.73 bits per heavy atom. The molecule has 0 spiro atoms. The van der Waals surface area contributed by atoms with Gasteiger partial charge in [0.1, 0.15) is 11.6 Å². The van der Waals surface area contributed by atoms with Crippen LogP contribution in [0.1, 0.15) is 31.9 Å². The Kier molecular flexibility index (Phi) is 6.57. The Bertz CT molecular complexity index is 794. The molecule has 4 nitrogen and oxygen atoms in total. The van der Waals surface area contributed by atoms with E-state index in [9.17, 15) is 10.1 Å². The fraction of sp³-hybridized carbons (Fsp3) is 0.273. The van der Waals surface area contributed by atoms with Crippen molar-refractivity contribution in [1.29, 1.82) is 5.26 Å². The summed E-state index contributed by atoms with van der Waals surface area (Å²) in [6, 6.07) is 19.8. The largest absolute Gasteiger partial charge is 0.360 e. The van der Waals surface area contributed by atoms with Crippen molar-refractivity contribution in [3.05, 3.63) is 77.5 Å². The molecule has 0 heterocycles. The first-order valence-corrected chi connectivity index (χ1v) is 8.69. The van der Waals surface area contributed by atoms with Crippen LogP contribution < -0.4 is 10.6 Å². The molecular weight excluding hydrogens is 322 g/mol. The normalized spacial score (nSPS) is 11.5. The van der Waals surface area contributed by atoms with Crippen LogP contribution in [0.2, 0.25) is 0 Å². The second-order valence-electron chi connectivity index (χ2n) is 7.13. The van der Waals surface area contributed by atoms with Crippen molar-refractivity contribution in [2.24, 2.45) is 0 Å². The zero-order valence-corrected chi connectivity index (χ0v) is 15.5. The van der Waals surface area contributed by atoms with E-state index in [-0.39, 0.29) is 16.9 Å². The second kappa shape index (κ2) is 8.87. The maximum atomic E-state index is 12.1. The number of amides is 1. The van der Waals surface area contributed by atoms with Crippen molar-refractivity contribution < 1.29 is 4.79 Å². The van der Waals surface area contributed by atoms with Crippen molar-refractivity contribution in [1.82, 2.24) is 5.32 Å². The van der Waals surface area contributed by atoms with Crippen LogP contribution >= 0.6 is 0 Å². The Hall–Kier alpha value is -3.06. The van der Waals surface area contributed by atoms with E-state index in [1.54, 1.807) is 0 Å². The van der Waals surface area contributed by atoms with Crippen LogP contribution in [0.25, 0.3) is 0 Å². The lowest BCUT2D eigenvalue weighted by Gasteiger charge is -2.19. The third-order valence-corrected chi connectivity index (χ3v) is 4.04. The van der Waals surface area contributed by atoms with Gasteiger partial charge in [-0.05, 0) is 35.1 Å². The lowest BCUT2D eigenvalue weighted by Crippen LogP contribution is -2.27. The molecule has 0 unspecified atom stereocenters. The van der Waals surface area contributed by atoms with E-state index < -0.39 is 0 Å². The van der Waals surface area contributed by atoms with E-state index in [1.807, 2.05) is 60.7 Å². The number of nitrogens with zero attached hydrogens (tertiary/aromatic N) is 1. The highest BCUT2D eigenvalue weighted by molar-refractivity contribution is 5.97. The standard InChI is InChI=1S/C22H25N3O/c1-22(2,3)19-9-11-20(12-10-19)25-16-18(15-23)21(26)24-14-13-17-7-5-4-6-8-17/h4-12,16,25H,13-14H2,1-3H3,(H,24,26)/b18-16-. The lowest BCUT2D eigenvalue weighted by atomic mass is 9.87. The molecule has 2 aromatic carbocycles. The Labute approximate surface area is 155 Å². The number of carbonyl (C=O) groups is 1. The van der Waals surface area contributed by atoms with Crippen molar-refractivity contribution >= 4 is 11.6 Å². The summed E-state index contributed by atoms with van der Waals surface area (Å²) in [5, 5.41) is 15.0. The molecule has 0 bridgehead atoms. The van der Waals surface area contributed by atoms with E-state index in [2.05, 4.69) is 31.4 Å². The third kappa shape index (κ3) is 5.78. The number of nitriles is 1. The van der Waals surface area contributed by atoms with E-state index in [0.717, 1.165) is 17.7 Å². The van der Waals surface area contributed by atoms with Crippen LogP contribution in [0.4, 0.5) is 5.69 Å². The maximum absolute atomic E-state index is 12.1. The number of hydrogen-bond donors (Lipinski definition) is 2. The molecule has 0 aliphatic heterocycles. The quantitative estimate of drug-likeness (QED) is 0.609. The lowest BCUT2D eigenvalue weighted by molar-refractivity contribution is -0.117. The maximum Gasteiger partial charge on any atom is 0.263 e. The monoisotopic (exact) mass is 347 g/mol. The average molecular weight is 347 g/mol. The van der Waals surface area contributed by atoms with Gasteiger partial charge in [-0.15, -0.1) is 0 Å². The molecule has 2 aromatic rings. The zero-order chi connectivity index (χ0) is 19.0.